The van der Waals surface area contributed by atoms with Crippen molar-refractivity contribution in [2.45, 2.75) is 38.1 Å². The van der Waals surface area contributed by atoms with Crippen molar-refractivity contribution in [2.24, 2.45) is 0 Å². The summed E-state index contributed by atoms with van der Waals surface area (Å²) >= 11 is 0. The largest absolute Gasteiger partial charge is 0.324 e. The van der Waals surface area contributed by atoms with E-state index in [2.05, 4.69) is 30.2 Å². The minimum absolute atomic E-state index is 0.445. The number of anilines is 2. The van der Waals surface area contributed by atoms with Crippen molar-refractivity contribution in [3.8, 4) is 5.69 Å². The van der Waals surface area contributed by atoms with Gasteiger partial charge in [-0.2, -0.15) is 15.2 Å². The van der Waals surface area contributed by atoms with Gasteiger partial charge in [0.05, 0.1) is 23.3 Å². The summed E-state index contributed by atoms with van der Waals surface area (Å²) in [7, 11) is 0. The Bertz CT molecular complexity index is 1030. The molecule has 1 aromatic carbocycles. The van der Waals surface area contributed by atoms with Crippen LogP contribution in [0.4, 0.5) is 11.6 Å². The van der Waals surface area contributed by atoms with E-state index in [0.717, 1.165) is 22.4 Å². The fraction of sp³-hybridized carbons (Fsp3) is 0.316. The number of rotatable bonds is 4. The van der Waals surface area contributed by atoms with E-state index < -0.39 is 0 Å². The second kappa shape index (κ2) is 6.79. The van der Waals surface area contributed by atoms with Gasteiger partial charge in [-0.1, -0.05) is 19.3 Å². The van der Waals surface area contributed by atoms with E-state index in [1.165, 1.54) is 38.4 Å². The molecule has 0 amide bonds. The predicted molar refractivity (Wildman–Crippen MR) is 102 cm³/mol. The van der Waals surface area contributed by atoms with Gasteiger partial charge in [0, 0.05) is 11.9 Å². The Balaban J connectivity index is 1.40. The Hall–Kier alpha value is -3.29. The molecule has 136 valence electrons. The molecule has 0 spiro atoms. The fourth-order valence-electron chi connectivity index (χ4n) is 3.66. The Morgan fingerprint density at radius 3 is 2.59 bits per heavy atom. The average Bonchev–Trinajstić information content (AvgIpc) is 3.39. The van der Waals surface area contributed by atoms with Crippen molar-refractivity contribution in [3.63, 3.8) is 0 Å². The van der Waals surface area contributed by atoms with Gasteiger partial charge < -0.3 is 5.32 Å². The maximum absolute atomic E-state index is 4.73. The van der Waals surface area contributed by atoms with Gasteiger partial charge in [-0.15, -0.1) is 0 Å². The second-order valence-electron chi connectivity index (χ2n) is 6.87. The van der Waals surface area contributed by atoms with Crippen LogP contribution in [-0.2, 0) is 0 Å². The highest BCUT2D eigenvalue weighted by molar-refractivity contribution is 5.75. The van der Waals surface area contributed by atoms with Crippen LogP contribution in [0.3, 0.4) is 0 Å². The first-order valence-electron chi connectivity index (χ1n) is 9.29. The van der Waals surface area contributed by atoms with Crippen LogP contribution < -0.4 is 5.32 Å². The smallest absolute Gasteiger partial charge is 0.229 e. The van der Waals surface area contributed by atoms with E-state index in [9.17, 15) is 0 Å². The number of nitrogens with one attached hydrogen (secondary N) is 1. The van der Waals surface area contributed by atoms with Gasteiger partial charge in [0.1, 0.15) is 12.7 Å². The molecule has 8 heteroatoms. The van der Waals surface area contributed by atoms with Gasteiger partial charge in [-0.25, -0.2) is 19.3 Å². The molecule has 8 nitrogen and oxygen atoms in total. The SMILES string of the molecule is c1ncn(-c2ccc(Nc3ncc4cnn(C5CCCCC5)c4n3)cc2)n1. The molecule has 0 saturated heterocycles. The zero-order valence-electron chi connectivity index (χ0n) is 14.9. The summed E-state index contributed by atoms with van der Waals surface area (Å²) in [6.07, 6.45) is 13.1. The maximum atomic E-state index is 4.73. The number of nitrogens with zero attached hydrogens (tertiary/aromatic N) is 7. The van der Waals surface area contributed by atoms with Gasteiger partial charge in [0.25, 0.3) is 0 Å². The summed E-state index contributed by atoms with van der Waals surface area (Å²) < 4.78 is 3.80. The van der Waals surface area contributed by atoms with Gasteiger partial charge in [-0.3, -0.25) is 0 Å². The summed E-state index contributed by atoms with van der Waals surface area (Å²) in [5, 5.41) is 13.0. The van der Waals surface area contributed by atoms with Crippen LogP contribution in [0.15, 0.2) is 49.3 Å². The molecule has 5 rings (SSSR count). The topological polar surface area (TPSA) is 86.3 Å². The van der Waals surface area contributed by atoms with Crippen molar-refractivity contribution < 1.29 is 0 Å². The Labute approximate surface area is 156 Å². The highest BCUT2D eigenvalue weighted by Crippen LogP contribution is 2.30. The fourth-order valence-corrected chi connectivity index (χ4v) is 3.66. The lowest BCUT2D eigenvalue weighted by Crippen LogP contribution is -2.14. The van der Waals surface area contributed by atoms with Crippen molar-refractivity contribution in [1.29, 1.82) is 0 Å². The molecule has 4 aromatic rings. The quantitative estimate of drug-likeness (QED) is 0.598. The normalized spacial score (nSPS) is 15.3. The third kappa shape index (κ3) is 3.14. The Morgan fingerprint density at radius 1 is 0.963 bits per heavy atom. The highest BCUT2D eigenvalue weighted by Gasteiger charge is 2.19. The van der Waals surface area contributed by atoms with Crippen LogP contribution in [0.5, 0.6) is 0 Å². The molecule has 0 bridgehead atoms. The van der Waals surface area contributed by atoms with Crippen molar-refractivity contribution in [1.82, 2.24) is 34.5 Å². The highest BCUT2D eigenvalue weighted by atomic mass is 15.3. The molecule has 27 heavy (non-hydrogen) atoms. The summed E-state index contributed by atoms with van der Waals surface area (Å²) in [6, 6.07) is 8.34. The Kier molecular flexibility index (Phi) is 4.00. The summed E-state index contributed by atoms with van der Waals surface area (Å²) in [5.41, 5.74) is 2.77. The molecule has 3 aromatic heterocycles. The third-order valence-electron chi connectivity index (χ3n) is 5.06. The van der Waals surface area contributed by atoms with Crippen LogP contribution in [-0.4, -0.2) is 34.5 Å². The van der Waals surface area contributed by atoms with E-state index >= 15 is 0 Å². The van der Waals surface area contributed by atoms with Crippen LogP contribution in [0.1, 0.15) is 38.1 Å². The van der Waals surface area contributed by atoms with Gasteiger partial charge in [0.2, 0.25) is 5.95 Å². The first-order chi connectivity index (χ1) is 13.4. The molecule has 1 aliphatic carbocycles. The molecule has 1 saturated carbocycles. The second-order valence-corrected chi connectivity index (χ2v) is 6.87. The first kappa shape index (κ1) is 15.9. The Morgan fingerprint density at radius 2 is 1.81 bits per heavy atom. The van der Waals surface area contributed by atoms with Gasteiger partial charge in [0.15, 0.2) is 5.65 Å². The number of hydrogen-bond acceptors (Lipinski definition) is 6. The van der Waals surface area contributed by atoms with E-state index in [1.807, 2.05) is 36.7 Å². The molecule has 0 atom stereocenters. The van der Waals surface area contributed by atoms with E-state index in [1.54, 1.807) is 11.0 Å². The van der Waals surface area contributed by atoms with Crippen molar-refractivity contribution >= 4 is 22.7 Å². The number of aromatic nitrogens is 7. The molecule has 1 fully saturated rings. The molecule has 0 unspecified atom stereocenters. The average molecular weight is 360 g/mol. The summed E-state index contributed by atoms with van der Waals surface area (Å²) in [6.45, 7) is 0. The monoisotopic (exact) mass is 360 g/mol. The van der Waals surface area contributed by atoms with E-state index in [0.29, 0.717) is 12.0 Å². The maximum Gasteiger partial charge on any atom is 0.229 e. The standard InChI is InChI=1S/C19H20N8/c1-2-4-17(5-3-1)27-18-14(11-22-27)10-21-19(25-18)24-15-6-8-16(9-7-15)26-13-20-12-23-26/h6-13,17H,1-5H2,(H,21,24,25). The third-order valence-corrected chi connectivity index (χ3v) is 5.06. The molecule has 1 N–H and O–H groups in total. The minimum Gasteiger partial charge on any atom is -0.324 e. The lowest BCUT2D eigenvalue weighted by atomic mass is 9.96. The molecular weight excluding hydrogens is 340 g/mol. The van der Waals surface area contributed by atoms with Crippen LogP contribution >= 0.6 is 0 Å². The lowest BCUT2D eigenvalue weighted by Gasteiger charge is -2.22. The van der Waals surface area contributed by atoms with Crippen LogP contribution in [0.25, 0.3) is 16.7 Å². The molecule has 0 radical (unpaired) electrons. The van der Waals surface area contributed by atoms with E-state index in [4.69, 9.17) is 4.98 Å². The molecule has 0 aliphatic heterocycles. The minimum atomic E-state index is 0.445. The van der Waals surface area contributed by atoms with Gasteiger partial charge >= 0.3 is 0 Å². The van der Waals surface area contributed by atoms with E-state index in [-0.39, 0.29) is 0 Å². The molecule has 1 aliphatic rings. The zero-order chi connectivity index (χ0) is 18.1. The first-order valence-corrected chi connectivity index (χ1v) is 9.29. The van der Waals surface area contributed by atoms with Gasteiger partial charge in [-0.05, 0) is 37.1 Å². The predicted octanol–water partition coefficient (Wildman–Crippen LogP) is 3.66. The van der Waals surface area contributed by atoms with Crippen LogP contribution in [0.2, 0.25) is 0 Å². The number of hydrogen-bond donors (Lipinski definition) is 1. The van der Waals surface area contributed by atoms with Crippen molar-refractivity contribution in [2.75, 3.05) is 5.32 Å². The summed E-state index contributed by atoms with van der Waals surface area (Å²) in [4.78, 5) is 13.1. The van der Waals surface area contributed by atoms with Crippen LogP contribution in [0, 0.1) is 0 Å². The lowest BCUT2D eigenvalue weighted by molar-refractivity contribution is 0.336. The molecule has 3 heterocycles. The summed E-state index contributed by atoms with van der Waals surface area (Å²) in [5.74, 6) is 0.577. The van der Waals surface area contributed by atoms with Crippen molar-refractivity contribution in [3.05, 3.63) is 49.3 Å². The number of benzene rings is 1. The number of fused-ring (bicyclic) bond motifs is 1. The zero-order valence-corrected chi connectivity index (χ0v) is 14.9. The molecular formula is C19H20N8.